The Morgan fingerprint density at radius 1 is 1.56 bits per heavy atom. The van der Waals surface area contributed by atoms with Gasteiger partial charge in [0.2, 0.25) is 0 Å². The molecule has 3 nitrogen and oxygen atoms in total. The smallest absolute Gasteiger partial charge is 0.253 e. The third kappa shape index (κ3) is 2.04. The van der Waals surface area contributed by atoms with Gasteiger partial charge in [-0.1, -0.05) is 17.7 Å². The Morgan fingerprint density at radius 2 is 2.25 bits per heavy atom. The van der Waals surface area contributed by atoms with Crippen molar-refractivity contribution in [3.05, 3.63) is 41.4 Å². The van der Waals surface area contributed by atoms with Crippen molar-refractivity contribution in [3.63, 3.8) is 0 Å². The molecule has 0 aromatic heterocycles. The van der Waals surface area contributed by atoms with Crippen molar-refractivity contribution in [3.8, 4) is 0 Å². The fraction of sp³-hybridized carbons (Fsp3) is 0.250. The Kier molecular flexibility index (Phi) is 2.64. The van der Waals surface area contributed by atoms with Gasteiger partial charge in [-0.2, -0.15) is 0 Å². The molecule has 0 unspecified atom stereocenters. The lowest BCUT2D eigenvalue weighted by Crippen LogP contribution is -2.35. The number of hydrogen-bond acceptors (Lipinski definition) is 2. The Morgan fingerprint density at radius 3 is 2.81 bits per heavy atom. The normalized spacial score (nSPS) is 16.6. The number of nitrogens with two attached hydrogens (primary N) is 1. The number of anilines is 1. The predicted molar refractivity (Wildman–Crippen MR) is 65.5 cm³/mol. The Balaban J connectivity index is 2.20. The highest BCUT2D eigenvalue weighted by atomic mass is 35.5. The van der Waals surface area contributed by atoms with E-state index in [4.69, 9.17) is 17.3 Å². The van der Waals surface area contributed by atoms with Crippen molar-refractivity contribution in [2.75, 3.05) is 5.73 Å². The average Bonchev–Trinajstić information content (AvgIpc) is 3.02. The van der Waals surface area contributed by atoms with E-state index in [-0.39, 0.29) is 11.4 Å². The highest BCUT2D eigenvalue weighted by Crippen LogP contribution is 2.36. The van der Waals surface area contributed by atoms with Crippen LogP contribution in [0.4, 0.5) is 5.69 Å². The SMILES string of the molecule is C=CC1(NC(=O)c2cc(N)ccc2Cl)CC1. The first-order chi connectivity index (χ1) is 7.56. The van der Waals surface area contributed by atoms with Gasteiger partial charge in [-0.3, -0.25) is 4.79 Å². The first-order valence-electron chi connectivity index (χ1n) is 5.07. The zero-order valence-electron chi connectivity index (χ0n) is 8.79. The van der Waals surface area contributed by atoms with Crippen LogP contribution >= 0.6 is 11.6 Å². The highest BCUT2D eigenvalue weighted by Gasteiger charge is 2.41. The number of hydrogen-bond donors (Lipinski definition) is 2. The van der Waals surface area contributed by atoms with Gasteiger partial charge in [0, 0.05) is 5.69 Å². The van der Waals surface area contributed by atoms with E-state index in [0.29, 0.717) is 16.3 Å². The van der Waals surface area contributed by atoms with E-state index in [2.05, 4.69) is 11.9 Å². The number of nitrogens with one attached hydrogen (secondary N) is 1. The fourth-order valence-corrected chi connectivity index (χ4v) is 1.73. The molecule has 3 N–H and O–H groups in total. The van der Waals surface area contributed by atoms with Gasteiger partial charge in [0.1, 0.15) is 0 Å². The fourth-order valence-electron chi connectivity index (χ4n) is 1.53. The molecule has 1 aliphatic rings. The van der Waals surface area contributed by atoms with Gasteiger partial charge >= 0.3 is 0 Å². The summed E-state index contributed by atoms with van der Waals surface area (Å²) in [5.74, 6) is -0.199. The van der Waals surface area contributed by atoms with E-state index >= 15 is 0 Å². The van der Waals surface area contributed by atoms with Gasteiger partial charge in [-0.25, -0.2) is 0 Å². The second-order valence-corrected chi connectivity index (χ2v) is 4.46. The highest BCUT2D eigenvalue weighted by molar-refractivity contribution is 6.34. The largest absolute Gasteiger partial charge is 0.399 e. The maximum atomic E-state index is 11.9. The predicted octanol–water partition coefficient (Wildman–Crippen LogP) is 2.37. The lowest BCUT2D eigenvalue weighted by molar-refractivity contribution is 0.0940. The van der Waals surface area contributed by atoms with Crippen LogP contribution in [0.15, 0.2) is 30.9 Å². The first-order valence-corrected chi connectivity index (χ1v) is 5.45. The summed E-state index contributed by atoms with van der Waals surface area (Å²) in [4.78, 5) is 11.9. The van der Waals surface area contributed by atoms with Crippen LogP contribution in [0.1, 0.15) is 23.2 Å². The molecule has 0 saturated heterocycles. The number of carbonyl (C=O) groups is 1. The number of rotatable bonds is 3. The Labute approximate surface area is 99.3 Å². The first kappa shape index (κ1) is 11.0. The molecule has 0 bridgehead atoms. The summed E-state index contributed by atoms with van der Waals surface area (Å²) in [6.07, 6.45) is 3.63. The topological polar surface area (TPSA) is 55.1 Å². The lowest BCUT2D eigenvalue weighted by Gasteiger charge is -2.13. The van der Waals surface area contributed by atoms with Crippen LogP contribution in [0.3, 0.4) is 0 Å². The van der Waals surface area contributed by atoms with Crippen LogP contribution in [0.2, 0.25) is 5.02 Å². The summed E-state index contributed by atoms with van der Waals surface area (Å²) < 4.78 is 0. The number of halogens is 1. The lowest BCUT2D eigenvalue weighted by atomic mass is 10.1. The van der Waals surface area contributed by atoms with Gasteiger partial charge in [0.25, 0.3) is 5.91 Å². The van der Waals surface area contributed by atoms with Gasteiger partial charge in [0.05, 0.1) is 16.1 Å². The summed E-state index contributed by atoms with van der Waals surface area (Å²) in [6.45, 7) is 3.71. The molecule has 1 saturated carbocycles. The standard InChI is InChI=1S/C12H13ClN2O/c1-2-12(5-6-12)15-11(16)9-7-8(14)3-4-10(9)13/h2-4,7H,1,5-6,14H2,(H,15,16). The average molecular weight is 237 g/mol. The van der Waals surface area contributed by atoms with Crippen molar-refractivity contribution in [1.29, 1.82) is 0 Å². The summed E-state index contributed by atoms with van der Waals surface area (Å²) in [6, 6.07) is 4.87. The van der Waals surface area contributed by atoms with Crippen LogP contribution < -0.4 is 11.1 Å². The summed E-state index contributed by atoms with van der Waals surface area (Å²) in [7, 11) is 0. The molecule has 0 aliphatic heterocycles. The molecule has 2 rings (SSSR count). The van der Waals surface area contributed by atoms with Gasteiger partial charge in [0.15, 0.2) is 0 Å². The molecule has 1 fully saturated rings. The van der Waals surface area contributed by atoms with Gasteiger partial charge in [-0.05, 0) is 31.0 Å². The molecule has 4 heteroatoms. The maximum Gasteiger partial charge on any atom is 0.253 e. The molecule has 16 heavy (non-hydrogen) atoms. The Hall–Kier alpha value is -1.48. The maximum absolute atomic E-state index is 11.9. The molecule has 0 atom stereocenters. The molecular weight excluding hydrogens is 224 g/mol. The minimum atomic E-state index is -0.231. The molecule has 0 radical (unpaired) electrons. The molecule has 1 aliphatic carbocycles. The molecule has 0 heterocycles. The van der Waals surface area contributed by atoms with E-state index in [0.717, 1.165) is 12.8 Å². The zero-order chi connectivity index (χ0) is 11.8. The molecule has 1 amide bonds. The van der Waals surface area contributed by atoms with Gasteiger partial charge in [-0.15, -0.1) is 6.58 Å². The number of nitrogen functional groups attached to an aromatic ring is 1. The van der Waals surface area contributed by atoms with Crippen LogP contribution in [-0.4, -0.2) is 11.4 Å². The van der Waals surface area contributed by atoms with Crippen LogP contribution in [0.25, 0.3) is 0 Å². The zero-order valence-corrected chi connectivity index (χ0v) is 9.55. The van der Waals surface area contributed by atoms with Crippen molar-refractivity contribution < 1.29 is 4.79 Å². The molecule has 1 aromatic rings. The second kappa shape index (κ2) is 3.83. The van der Waals surface area contributed by atoms with Crippen molar-refractivity contribution in [2.24, 2.45) is 0 Å². The van der Waals surface area contributed by atoms with Crippen LogP contribution in [0, 0.1) is 0 Å². The van der Waals surface area contributed by atoms with E-state index in [1.807, 2.05) is 0 Å². The molecular formula is C12H13ClN2O. The molecule has 1 aromatic carbocycles. The van der Waals surface area contributed by atoms with E-state index in [1.54, 1.807) is 24.3 Å². The van der Waals surface area contributed by atoms with Gasteiger partial charge < -0.3 is 11.1 Å². The molecule has 84 valence electrons. The Bertz CT molecular complexity index is 452. The van der Waals surface area contributed by atoms with E-state index < -0.39 is 0 Å². The summed E-state index contributed by atoms with van der Waals surface area (Å²) >= 11 is 5.94. The van der Waals surface area contributed by atoms with Crippen molar-refractivity contribution in [2.45, 2.75) is 18.4 Å². The quantitative estimate of drug-likeness (QED) is 0.625. The van der Waals surface area contributed by atoms with E-state index in [9.17, 15) is 4.79 Å². The van der Waals surface area contributed by atoms with Crippen LogP contribution in [-0.2, 0) is 0 Å². The number of amides is 1. The molecule has 0 spiro atoms. The van der Waals surface area contributed by atoms with Crippen molar-refractivity contribution >= 4 is 23.2 Å². The minimum Gasteiger partial charge on any atom is -0.399 e. The minimum absolute atomic E-state index is 0.199. The third-order valence-corrected chi connectivity index (χ3v) is 3.11. The third-order valence-electron chi connectivity index (χ3n) is 2.78. The summed E-state index contributed by atoms with van der Waals surface area (Å²) in [5.41, 5.74) is 6.33. The summed E-state index contributed by atoms with van der Waals surface area (Å²) in [5, 5.41) is 3.31. The second-order valence-electron chi connectivity index (χ2n) is 4.05. The van der Waals surface area contributed by atoms with Crippen molar-refractivity contribution in [1.82, 2.24) is 5.32 Å². The van der Waals surface area contributed by atoms with Crippen LogP contribution in [0.5, 0.6) is 0 Å². The van der Waals surface area contributed by atoms with E-state index in [1.165, 1.54) is 0 Å². The number of carbonyl (C=O) groups excluding carboxylic acids is 1. The number of benzene rings is 1. The monoisotopic (exact) mass is 236 g/mol.